The van der Waals surface area contributed by atoms with Crippen molar-refractivity contribution in [3.05, 3.63) is 27.7 Å². The van der Waals surface area contributed by atoms with E-state index in [0.29, 0.717) is 42.2 Å². The van der Waals surface area contributed by atoms with Gasteiger partial charge in [-0.15, -0.1) is 0 Å². The SMILES string of the molecule is CCNCc1cc(C)c(Br)c(S(=O)(=O)N2CCOCC2)c1. The molecule has 0 aromatic heterocycles. The summed E-state index contributed by atoms with van der Waals surface area (Å²) in [5.41, 5.74) is 1.90. The van der Waals surface area contributed by atoms with Gasteiger partial charge in [-0.2, -0.15) is 4.31 Å². The first-order valence-corrected chi connectivity index (χ1v) is 9.27. The zero-order chi connectivity index (χ0) is 15.5. The normalized spacial score (nSPS) is 17.1. The molecule has 1 saturated heterocycles. The molecule has 1 aromatic rings. The van der Waals surface area contributed by atoms with E-state index in [1.165, 1.54) is 4.31 Å². The van der Waals surface area contributed by atoms with Crippen molar-refractivity contribution in [2.24, 2.45) is 0 Å². The molecular formula is C14H21BrN2O3S. The van der Waals surface area contributed by atoms with E-state index in [1.807, 2.05) is 19.9 Å². The summed E-state index contributed by atoms with van der Waals surface area (Å²) in [4.78, 5) is 0.345. The van der Waals surface area contributed by atoms with Crippen LogP contribution in [-0.4, -0.2) is 45.6 Å². The van der Waals surface area contributed by atoms with E-state index < -0.39 is 10.0 Å². The molecule has 1 fully saturated rings. The number of hydrogen-bond acceptors (Lipinski definition) is 4. The lowest BCUT2D eigenvalue weighted by atomic mass is 10.1. The Bertz CT molecular complexity index is 598. The summed E-state index contributed by atoms with van der Waals surface area (Å²) in [5.74, 6) is 0. The Morgan fingerprint density at radius 2 is 2.00 bits per heavy atom. The summed E-state index contributed by atoms with van der Waals surface area (Å²) in [6, 6.07) is 3.76. The van der Waals surface area contributed by atoms with E-state index in [9.17, 15) is 8.42 Å². The van der Waals surface area contributed by atoms with Gasteiger partial charge in [-0.3, -0.25) is 0 Å². The molecule has 0 radical (unpaired) electrons. The van der Waals surface area contributed by atoms with Gasteiger partial charge in [0.1, 0.15) is 0 Å². The first-order chi connectivity index (χ1) is 9.96. The number of nitrogens with zero attached hydrogens (tertiary/aromatic N) is 1. The molecule has 1 aliphatic heterocycles. The lowest BCUT2D eigenvalue weighted by Crippen LogP contribution is -2.40. The predicted octanol–water partition coefficient (Wildman–Crippen LogP) is 1.89. The van der Waals surface area contributed by atoms with Crippen molar-refractivity contribution in [1.29, 1.82) is 0 Å². The minimum atomic E-state index is -3.48. The van der Waals surface area contributed by atoms with Crippen LogP contribution in [0.1, 0.15) is 18.1 Å². The van der Waals surface area contributed by atoms with Gasteiger partial charge in [-0.1, -0.05) is 13.0 Å². The third kappa shape index (κ3) is 3.84. The third-order valence-corrected chi connectivity index (χ3v) is 6.69. The average molecular weight is 377 g/mol. The molecule has 0 unspecified atom stereocenters. The van der Waals surface area contributed by atoms with Crippen LogP contribution in [-0.2, 0) is 21.3 Å². The minimum Gasteiger partial charge on any atom is -0.379 e. The molecule has 118 valence electrons. The largest absolute Gasteiger partial charge is 0.379 e. The number of hydrogen-bond donors (Lipinski definition) is 1. The van der Waals surface area contributed by atoms with Crippen LogP contribution in [0.4, 0.5) is 0 Å². The predicted molar refractivity (Wildman–Crippen MR) is 85.8 cm³/mol. The molecule has 1 aromatic carbocycles. The Morgan fingerprint density at radius 1 is 1.33 bits per heavy atom. The first-order valence-electron chi connectivity index (χ1n) is 7.04. The first kappa shape index (κ1) is 16.9. The summed E-state index contributed by atoms with van der Waals surface area (Å²) >= 11 is 3.43. The van der Waals surface area contributed by atoms with Crippen LogP contribution in [0.2, 0.25) is 0 Å². The highest BCUT2D eigenvalue weighted by atomic mass is 79.9. The number of halogens is 1. The van der Waals surface area contributed by atoms with Crippen LogP contribution in [0.25, 0.3) is 0 Å². The molecular weight excluding hydrogens is 356 g/mol. The average Bonchev–Trinajstić information content (AvgIpc) is 2.49. The van der Waals surface area contributed by atoms with E-state index in [1.54, 1.807) is 6.07 Å². The van der Waals surface area contributed by atoms with Crippen LogP contribution >= 0.6 is 15.9 Å². The van der Waals surface area contributed by atoms with Gasteiger partial charge in [0, 0.05) is 24.1 Å². The fourth-order valence-electron chi connectivity index (χ4n) is 2.29. The zero-order valence-corrected chi connectivity index (χ0v) is 14.8. The molecule has 1 aliphatic rings. The van der Waals surface area contributed by atoms with Gasteiger partial charge in [0.25, 0.3) is 0 Å². The maximum atomic E-state index is 12.8. The van der Waals surface area contributed by atoms with Gasteiger partial charge in [0.15, 0.2) is 0 Å². The number of ether oxygens (including phenoxy) is 1. The number of nitrogens with one attached hydrogen (secondary N) is 1. The van der Waals surface area contributed by atoms with Gasteiger partial charge in [0.05, 0.1) is 18.1 Å². The molecule has 0 spiro atoms. The molecule has 21 heavy (non-hydrogen) atoms. The maximum Gasteiger partial charge on any atom is 0.244 e. The van der Waals surface area contributed by atoms with Gasteiger partial charge in [0.2, 0.25) is 10.0 Å². The van der Waals surface area contributed by atoms with E-state index in [-0.39, 0.29) is 0 Å². The van der Waals surface area contributed by atoms with Gasteiger partial charge >= 0.3 is 0 Å². The van der Waals surface area contributed by atoms with Crippen molar-refractivity contribution >= 4 is 26.0 Å². The van der Waals surface area contributed by atoms with Crippen molar-refractivity contribution in [2.45, 2.75) is 25.3 Å². The van der Waals surface area contributed by atoms with Crippen LogP contribution in [0, 0.1) is 6.92 Å². The Kier molecular flexibility index (Phi) is 5.79. The summed E-state index contributed by atoms with van der Waals surface area (Å²) in [6.45, 7) is 7.17. The zero-order valence-electron chi connectivity index (χ0n) is 12.4. The number of aryl methyl sites for hydroxylation is 1. The highest BCUT2D eigenvalue weighted by molar-refractivity contribution is 9.10. The molecule has 0 bridgehead atoms. The standard InChI is InChI=1S/C14H21BrN2O3S/c1-3-16-10-12-8-11(2)14(15)13(9-12)21(18,19)17-4-6-20-7-5-17/h8-9,16H,3-7,10H2,1-2H3. The van der Waals surface area contributed by atoms with Gasteiger partial charge < -0.3 is 10.1 Å². The molecule has 0 atom stereocenters. The lowest BCUT2D eigenvalue weighted by Gasteiger charge is -2.27. The second kappa shape index (κ2) is 7.19. The van der Waals surface area contributed by atoms with Crippen molar-refractivity contribution in [2.75, 3.05) is 32.8 Å². The quantitative estimate of drug-likeness (QED) is 0.852. The third-order valence-electron chi connectivity index (χ3n) is 3.45. The van der Waals surface area contributed by atoms with Crippen LogP contribution in [0.5, 0.6) is 0 Å². The van der Waals surface area contributed by atoms with E-state index in [0.717, 1.165) is 17.7 Å². The molecule has 7 heteroatoms. The topological polar surface area (TPSA) is 58.6 Å². The lowest BCUT2D eigenvalue weighted by molar-refractivity contribution is 0.0730. The van der Waals surface area contributed by atoms with Gasteiger partial charge in [-0.05, 0) is 46.6 Å². The monoisotopic (exact) mass is 376 g/mol. The highest BCUT2D eigenvalue weighted by Crippen LogP contribution is 2.30. The van der Waals surface area contributed by atoms with Gasteiger partial charge in [-0.25, -0.2) is 8.42 Å². The van der Waals surface area contributed by atoms with Crippen LogP contribution in [0.15, 0.2) is 21.5 Å². The number of benzene rings is 1. The summed E-state index contributed by atoms with van der Waals surface area (Å²) in [7, 11) is -3.48. The molecule has 0 aliphatic carbocycles. The maximum absolute atomic E-state index is 12.8. The number of rotatable bonds is 5. The summed E-state index contributed by atoms with van der Waals surface area (Å²) in [5, 5.41) is 3.23. The molecule has 5 nitrogen and oxygen atoms in total. The summed E-state index contributed by atoms with van der Waals surface area (Å²) < 4.78 is 33.0. The van der Waals surface area contributed by atoms with Crippen molar-refractivity contribution in [3.8, 4) is 0 Å². The Hall–Kier alpha value is -0.470. The second-order valence-electron chi connectivity index (χ2n) is 5.02. The van der Waals surface area contributed by atoms with Crippen molar-refractivity contribution in [3.63, 3.8) is 0 Å². The van der Waals surface area contributed by atoms with Crippen molar-refractivity contribution in [1.82, 2.24) is 9.62 Å². The van der Waals surface area contributed by atoms with Crippen LogP contribution in [0.3, 0.4) is 0 Å². The fraction of sp³-hybridized carbons (Fsp3) is 0.571. The van der Waals surface area contributed by atoms with Crippen molar-refractivity contribution < 1.29 is 13.2 Å². The molecule has 1 heterocycles. The fourth-order valence-corrected chi connectivity index (χ4v) is 4.73. The van der Waals surface area contributed by atoms with Crippen LogP contribution < -0.4 is 5.32 Å². The second-order valence-corrected chi connectivity index (χ2v) is 7.72. The molecule has 0 amide bonds. The Balaban J connectivity index is 2.38. The van der Waals surface area contributed by atoms with E-state index in [4.69, 9.17) is 4.74 Å². The Labute approximate surface area is 134 Å². The Morgan fingerprint density at radius 3 is 2.62 bits per heavy atom. The summed E-state index contributed by atoms with van der Waals surface area (Å²) in [6.07, 6.45) is 0. The molecule has 2 rings (SSSR count). The minimum absolute atomic E-state index is 0.345. The smallest absolute Gasteiger partial charge is 0.244 e. The van der Waals surface area contributed by atoms with E-state index in [2.05, 4.69) is 21.2 Å². The number of sulfonamides is 1. The molecule has 1 N–H and O–H groups in total. The molecule has 0 saturated carbocycles. The highest BCUT2D eigenvalue weighted by Gasteiger charge is 2.29. The van der Waals surface area contributed by atoms with E-state index >= 15 is 0 Å². The number of morpholine rings is 1.